The molecule has 0 aliphatic heterocycles. The van der Waals surface area contributed by atoms with Gasteiger partial charge in [0.25, 0.3) is 0 Å². The second kappa shape index (κ2) is 2.34. The highest BCUT2D eigenvalue weighted by molar-refractivity contribution is 5.26. The molecule has 1 aromatic rings. The molecule has 0 amide bonds. The van der Waals surface area contributed by atoms with Gasteiger partial charge in [-0.25, -0.2) is 0 Å². The molecule has 2 rings (SSSR count). The van der Waals surface area contributed by atoms with Crippen molar-refractivity contribution in [2.24, 2.45) is 7.05 Å². The standard InChI is InChI=1S/C8H13N3/c1-9-7-3-4-8-6(7)5-10-11(8)2/h5,7,9H,3-4H2,1-2H3/t7-/m1/s1. The van der Waals surface area contributed by atoms with Crippen molar-refractivity contribution < 1.29 is 0 Å². The average Bonchev–Trinajstić information content (AvgIpc) is 2.53. The number of fused-ring (bicyclic) bond motifs is 1. The Hall–Kier alpha value is -0.830. The van der Waals surface area contributed by atoms with Crippen LogP contribution in [0.4, 0.5) is 0 Å². The first-order chi connectivity index (χ1) is 5.33. The largest absolute Gasteiger partial charge is 0.313 e. The normalized spacial score (nSPS) is 22.2. The smallest absolute Gasteiger partial charge is 0.0540 e. The molecule has 60 valence electrons. The van der Waals surface area contributed by atoms with E-state index in [1.165, 1.54) is 17.7 Å². The number of rotatable bonds is 1. The lowest BCUT2D eigenvalue weighted by atomic mass is 10.2. The van der Waals surface area contributed by atoms with E-state index in [2.05, 4.69) is 10.4 Å². The Morgan fingerprint density at radius 3 is 3.27 bits per heavy atom. The Morgan fingerprint density at radius 1 is 1.73 bits per heavy atom. The van der Waals surface area contributed by atoms with E-state index in [0.717, 1.165) is 6.42 Å². The van der Waals surface area contributed by atoms with Crippen molar-refractivity contribution in [3.8, 4) is 0 Å². The van der Waals surface area contributed by atoms with Gasteiger partial charge in [-0.1, -0.05) is 0 Å². The summed E-state index contributed by atoms with van der Waals surface area (Å²) in [7, 11) is 4.02. The lowest BCUT2D eigenvalue weighted by molar-refractivity contribution is 0.581. The topological polar surface area (TPSA) is 29.9 Å². The minimum Gasteiger partial charge on any atom is -0.313 e. The molecule has 0 aromatic carbocycles. The van der Waals surface area contributed by atoms with E-state index in [-0.39, 0.29) is 0 Å². The molecule has 0 spiro atoms. The zero-order chi connectivity index (χ0) is 7.84. The minimum atomic E-state index is 0.540. The summed E-state index contributed by atoms with van der Waals surface area (Å²) >= 11 is 0. The van der Waals surface area contributed by atoms with Gasteiger partial charge in [0.05, 0.1) is 6.20 Å². The quantitative estimate of drug-likeness (QED) is 0.638. The fourth-order valence-corrected chi connectivity index (χ4v) is 1.81. The average molecular weight is 151 g/mol. The highest BCUT2D eigenvalue weighted by atomic mass is 15.3. The number of nitrogens with zero attached hydrogens (tertiary/aromatic N) is 2. The summed E-state index contributed by atoms with van der Waals surface area (Å²) in [5.74, 6) is 0. The van der Waals surface area contributed by atoms with E-state index in [1.807, 2.05) is 25.0 Å². The summed E-state index contributed by atoms with van der Waals surface area (Å²) in [5, 5.41) is 7.49. The molecule has 3 heteroatoms. The van der Waals surface area contributed by atoms with E-state index in [4.69, 9.17) is 0 Å². The molecule has 0 bridgehead atoms. The molecule has 0 saturated carbocycles. The van der Waals surface area contributed by atoms with Crippen molar-refractivity contribution in [1.82, 2.24) is 15.1 Å². The molecule has 1 heterocycles. The monoisotopic (exact) mass is 151 g/mol. The summed E-state index contributed by atoms with van der Waals surface area (Å²) < 4.78 is 1.98. The van der Waals surface area contributed by atoms with Crippen LogP contribution in [0.1, 0.15) is 23.7 Å². The van der Waals surface area contributed by atoms with Crippen LogP contribution in [0, 0.1) is 0 Å². The van der Waals surface area contributed by atoms with Crippen molar-refractivity contribution in [3.63, 3.8) is 0 Å². The van der Waals surface area contributed by atoms with Gasteiger partial charge in [-0.15, -0.1) is 0 Å². The molecule has 3 nitrogen and oxygen atoms in total. The maximum atomic E-state index is 4.21. The number of nitrogens with one attached hydrogen (secondary N) is 1. The summed E-state index contributed by atoms with van der Waals surface area (Å²) in [6.07, 6.45) is 4.36. The molecule has 0 fully saturated rings. The summed E-state index contributed by atoms with van der Waals surface area (Å²) in [4.78, 5) is 0. The lowest BCUT2D eigenvalue weighted by Crippen LogP contribution is -2.12. The van der Waals surface area contributed by atoms with E-state index in [0.29, 0.717) is 6.04 Å². The third-order valence-corrected chi connectivity index (χ3v) is 2.49. The number of hydrogen-bond donors (Lipinski definition) is 1. The third kappa shape index (κ3) is 0.878. The molecule has 0 radical (unpaired) electrons. The first kappa shape index (κ1) is 6.85. The molecule has 1 atom stereocenters. The predicted octanol–water partition coefficient (Wildman–Crippen LogP) is 0.627. The Balaban J connectivity index is 2.40. The molecule has 11 heavy (non-hydrogen) atoms. The maximum Gasteiger partial charge on any atom is 0.0540 e. The minimum absolute atomic E-state index is 0.540. The number of aryl methyl sites for hydroxylation is 1. The van der Waals surface area contributed by atoms with Crippen LogP contribution in [0.15, 0.2) is 6.20 Å². The van der Waals surface area contributed by atoms with Gasteiger partial charge in [-0.2, -0.15) is 5.10 Å². The van der Waals surface area contributed by atoms with Gasteiger partial charge in [0.1, 0.15) is 0 Å². The van der Waals surface area contributed by atoms with Gasteiger partial charge in [0.2, 0.25) is 0 Å². The van der Waals surface area contributed by atoms with Crippen LogP contribution < -0.4 is 5.32 Å². The highest BCUT2D eigenvalue weighted by Crippen LogP contribution is 2.29. The molecule has 1 aliphatic carbocycles. The molecule has 1 aliphatic rings. The van der Waals surface area contributed by atoms with Gasteiger partial charge in [-0.05, 0) is 19.9 Å². The first-order valence-electron chi connectivity index (χ1n) is 4.01. The van der Waals surface area contributed by atoms with Gasteiger partial charge < -0.3 is 5.32 Å². The highest BCUT2D eigenvalue weighted by Gasteiger charge is 2.23. The Kier molecular flexibility index (Phi) is 1.46. The van der Waals surface area contributed by atoms with Gasteiger partial charge >= 0.3 is 0 Å². The molecule has 1 N–H and O–H groups in total. The van der Waals surface area contributed by atoms with Crippen molar-refractivity contribution >= 4 is 0 Å². The molecule has 0 unspecified atom stereocenters. The number of aromatic nitrogens is 2. The van der Waals surface area contributed by atoms with Crippen LogP contribution in [0.3, 0.4) is 0 Å². The third-order valence-electron chi connectivity index (χ3n) is 2.49. The van der Waals surface area contributed by atoms with Crippen molar-refractivity contribution in [2.75, 3.05) is 7.05 Å². The van der Waals surface area contributed by atoms with E-state index < -0.39 is 0 Å². The zero-order valence-electron chi connectivity index (χ0n) is 6.96. The molecular weight excluding hydrogens is 138 g/mol. The SMILES string of the molecule is CN[C@@H]1CCc2c1cnn2C. The summed E-state index contributed by atoms with van der Waals surface area (Å²) in [6, 6.07) is 0.540. The number of hydrogen-bond acceptors (Lipinski definition) is 2. The van der Waals surface area contributed by atoms with E-state index in [9.17, 15) is 0 Å². The van der Waals surface area contributed by atoms with Crippen molar-refractivity contribution in [3.05, 3.63) is 17.5 Å². The summed E-state index contributed by atoms with van der Waals surface area (Å²) in [5.41, 5.74) is 2.78. The second-order valence-electron chi connectivity index (χ2n) is 3.05. The Morgan fingerprint density at radius 2 is 2.55 bits per heavy atom. The van der Waals surface area contributed by atoms with Crippen molar-refractivity contribution in [2.45, 2.75) is 18.9 Å². The van der Waals surface area contributed by atoms with Crippen LogP contribution in [-0.2, 0) is 13.5 Å². The maximum absolute atomic E-state index is 4.21. The Labute approximate surface area is 66.4 Å². The van der Waals surface area contributed by atoms with E-state index in [1.54, 1.807) is 0 Å². The van der Waals surface area contributed by atoms with Gasteiger partial charge in [0.15, 0.2) is 0 Å². The van der Waals surface area contributed by atoms with E-state index >= 15 is 0 Å². The first-order valence-corrected chi connectivity index (χ1v) is 4.01. The summed E-state index contributed by atoms with van der Waals surface area (Å²) in [6.45, 7) is 0. The van der Waals surface area contributed by atoms with Crippen LogP contribution in [-0.4, -0.2) is 16.8 Å². The molecule has 0 saturated heterocycles. The predicted molar refractivity (Wildman–Crippen MR) is 43.3 cm³/mol. The fourth-order valence-electron chi connectivity index (χ4n) is 1.81. The molecule has 1 aromatic heterocycles. The zero-order valence-corrected chi connectivity index (χ0v) is 6.96. The van der Waals surface area contributed by atoms with Crippen LogP contribution >= 0.6 is 0 Å². The Bertz CT molecular complexity index is 264. The van der Waals surface area contributed by atoms with Gasteiger partial charge in [-0.3, -0.25) is 4.68 Å². The van der Waals surface area contributed by atoms with Gasteiger partial charge in [0, 0.05) is 24.3 Å². The fraction of sp³-hybridized carbons (Fsp3) is 0.625. The lowest BCUT2D eigenvalue weighted by Gasteiger charge is -2.05. The second-order valence-corrected chi connectivity index (χ2v) is 3.05. The van der Waals surface area contributed by atoms with Crippen LogP contribution in [0.5, 0.6) is 0 Å². The van der Waals surface area contributed by atoms with Crippen molar-refractivity contribution in [1.29, 1.82) is 0 Å². The molecular formula is C8H13N3. The van der Waals surface area contributed by atoms with Crippen LogP contribution in [0.2, 0.25) is 0 Å². The van der Waals surface area contributed by atoms with Crippen LogP contribution in [0.25, 0.3) is 0 Å².